The second-order valence-corrected chi connectivity index (χ2v) is 10.3. The average Bonchev–Trinajstić information content (AvgIpc) is 2.78. The van der Waals surface area contributed by atoms with E-state index in [1.54, 1.807) is 0 Å². The number of nitrogens with zero attached hydrogens (tertiary/aromatic N) is 1. The highest BCUT2D eigenvalue weighted by molar-refractivity contribution is 7.94. The van der Waals surface area contributed by atoms with Gasteiger partial charge in [0.25, 0.3) is 0 Å². The van der Waals surface area contributed by atoms with Crippen LogP contribution in [-0.2, 0) is 14.6 Å². The van der Waals surface area contributed by atoms with Gasteiger partial charge < -0.3 is 4.74 Å². The molecule has 2 saturated heterocycles. The molecule has 3 atom stereocenters. The molecule has 0 aromatic rings. The van der Waals surface area contributed by atoms with Crippen molar-refractivity contribution < 1.29 is 13.2 Å². The Balaban J connectivity index is 1.71. The molecule has 0 N–H and O–H groups in total. The minimum atomic E-state index is -2.94. The zero-order chi connectivity index (χ0) is 15.9. The summed E-state index contributed by atoms with van der Waals surface area (Å²) in [6.07, 6.45) is 11.5. The molecule has 2 heterocycles. The Kier molecular flexibility index (Phi) is 4.48. The van der Waals surface area contributed by atoms with E-state index in [4.69, 9.17) is 4.74 Å². The molecule has 4 aliphatic rings. The van der Waals surface area contributed by atoms with E-state index >= 15 is 0 Å². The first-order valence-electron chi connectivity index (χ1n) is 9.73. The van der Waals surface area contributed by atoms with Gasteiger partial charge in [-0.15, -0.1) is 0 Å². The van der Waals surface area contributed by atoms with Crippen molar-refractivity contribution in [2.24, 2.45) is 5.92 Å². The van der Waals surface area contributed by atoms with Crippen LogP contribution in [0.1, 0.15) is 64.2 Å². The fourth-order valence-electron chi connectivity index (χ4n) is 6.12. The smallest absolute Gasteiger partial charge is 0.160 e. The number of fused-ring (bicyclic) bond motifs is 1. The zero-order valence-electron chi connectivity index (χ0n) is 14.2. The lowest BCUT2D eigenvalue weighted by atomic mass is 9.73. The van der Waals surface area contributed by atoms with Gasteiger partial charge in [-0.05, 0) is 31.6 Å². The first-order valence-corrected chi connectivity index (χ1v) is 11.3. The summed E-state index contributed by atoms with van der Waals surface area (Å²) in [6.45, 7) is 3.39. The van der Waals surface area contributed by atoms with E-state index in [1.165, 1.54) is 32.1 Å². The highest BCUT2D eigenvalue weighted by Gasteiger charge is 2.69. The average molecular weight is 342 g/mol. The maximum absolute atomic E-state index is 13.2. The molecule has 2 saturated carbocycles. The molecule has 0 spiro atoms. The molecule has 2 aliphatic carbocycles. The molecular formula is C18H31NO3S. The number of morpholine rings is 1. The molecule has 0 bridgehead atoms. The van der Waals surface area contributed by atoms with Gasteiger partial charge in [0.15, 0.2) is 9.84 Å². The second-order valence-electron chi connectivity index (χ2n) is 8.09. The summed E-state index contributed by atoms with van der Waals surface area (Å²) in [6, 6.07) is 0. The molecule has 0 aromatic heterocycles. The lowest BCUT2D eigenvalue weighted by Crippen LogP contribution is -2.79. The Morgan fingerprint density at radius 1 is 0.870 bits per heavy atom. The summed E-state index contributed by atoms with van der Waals surface area (Å²) < 4.78 is 32.0. The fraction of sp³-hybridized carbons (Fsp3) is 1.00. The predicted molar refractivity (Wildman–Crippen MR) is 91.3 cm³/mol. The fourth-order valence-corrected chi connectivity index (χ4v) is 9.54. The number of hydrogen-bond donors (Lipinski definition) is 0. The van der Waals surface area contributed by atoms with Crippen molar-refractivity contribution in [2.45, 2.75) is 80.2 Å². The molecule has 0 unspecified atom stereocenters. The van der Waals surface area contributed by atoms with Gasteiger partial charge in [0, 0.05) is 13.1 Å². The van der Waals surface area contributed by atoms with Crippen molar-refractivity contribution in [1.82, 2.24) is 4.90 Å². The van der Waals surface area contributed by atoms with Crippen LogP contribution in [0.5, 0.6) is 0 Å². The highest BCUT2D eigenvalue weighted by atomic mass is 32.2. The van der Waals surface area contributed by atoms with Gasteiger partial charge in [-0.1, -0.05) is 38.5 Å². The molecular weight excluding hydrogens is 310 g/mol. The highest BCUT2D eigenvalue weighted by Crippen LogP contribution is 2.56. The molecule has 23 heavy (non-hydrogen) atoms. The monoisotopic (exact) mass is 341 g/mol. The minimum Gasteiger partial charge on any atom is -0.379 e. The Labute approximate surface area is 140 Å². The van der Waals surface area contributed by atoms with Crippen LogP contribution in [0.15, 0.2) is 0 Å². The summed E-state index contributed by atoms with van der Waals surface area (Å²) in [7, 11) is -2.94. The molecule has 5 heteroatoms. The topological polar surface area (TPSA) is 46.6 Å². The Morgan fingerprint density at radius 3 is 2.26 bits per heavy atom. The van der Waals surface area contributed by atoms with E-state index in [0.717, 1.165) is 58.4 Å². The van der Waals surface area contributed by atoms with Crippen molar-refractivity contribution in [3.63, 3.8) is 0 Å². The van der Waals surface area contributed by atoms with Crippen LogP contribution < -0.4 is 0 Å². The van der Waals surface area contributed by atoms with Gasteiger partial charge >= 0.3 is 0 Å². The normalized spacial score (nSPS) is 42.4. The van der Waals surface area contributed by atoms with Gasteiger partial charge in [-0.25, -0.2) is 8.42 Å². The molecule has 0 amide bonds. The Hall–Kier alpha value is -0.130. The van der Waals surface area contributed by atoms with E-state index in [-0.39, 0.29) is 16.0 Å². The number of ether oxygens (including phenoxy) is 1. The van der Waals surface area contributed by atoms with Gasteiger partial charge in [-0.3, -0.25) is 4.90 Å². The SMILES string of the molecule is O=S1(=O)[C@H]2CCCCC[C@@]2(N2CCOCC2)[C@@H]1C1CCCCC1. The number of rotatable bonds is 2. The number of sulfone groups is 1. The van der Waals surface area contributed by atoms with Crippen molar-refractivity contribution in [3.05, 3.63) is 0 Å². The molecule has 132 valence electrons. The van der Waals surface area contributed by atoms with Crippen molar-refractivity contribution in [1.29, 1.82) is 0 Å². The van der Waals surface area contributed by atoms with Crippen LogP contribution in [-0.4, -0.2) is 55.7 Å². The van der Waals surface area contributed by atoms with E-state index < -0.39 is 9.84 Å². The molecule has 2 aliphatic heterocycles. The number of hydrogen-bond acceptors (Lipinski definition) is 4. The minimum absolute atomic E-state index is 0.0544. The van der Waals surface area contributed by atoms with Gasteiger partial charge in [-0.2, -0.15) is 0 Å². The second kappa shape index (κ2) is 6.30. The van der Waals surface area contributed by atoms with Gasteiger partial charge in [0.2, 0.25) is 0 Å². The lowest BCUT2D eigenvalue weighted by Gasteiger charge is -2.63. The third kappa shape index (κ3) is 2.49. The molecule has 0 radical (unpaired) electrons. The maximum atomic E-state index is 13.2. The summed E-state index contributed by atoms with van der Waals surface area (Å²) in [5.41, 5.74) is -0.0544. The van der Waals surface area contributed by atoms with Crippen LogP contribution in [0.4, 0.5) is 0 Å². The van der Waals surface area contributed by atoms with Crippen LogP contribution in [0.2, 0.25) is 0 Å². The lowest BCUT2D eigenvalue weighted by molar-refractivity contribution is -0.0477. The van der Waals surface area contributed by atoms with Crippen molar-refractivity contribution >= 4 is 9.84 Å². The first-order chi connectivity index (χ1) is 11.2. The summed E-state index contributed by atoms with van der Waals surface area (Å²) in [5.74, 6) is 0.408. The van der Waals surface area contributed by atoms with Crippen LogP contribution in [0.25, 0.3) is 0 Å². The summed E-state index contributed by atoms with van der Waals surface area (Å²) in [5, 5.41) is -0.181. The third-order valence-electron chi connectivity index (χ3n) is 7.02. The van der Waals surface area contributed by atoms with E-state index in [2.05, 4.69) is 4.90 Å². The first kappa shape index (κ1) is 16.3. The zero-order valence-corrected chi connectivity index (χ0v) is 15.0. The summed E-state index contributed by atoms with van der Waals surface area (Å²) in [4.78, 5) is 2.55. The molecule has 4 rings (SSSR count). The Bertz CT molecular complexity index is 522. The van der Waals surface area contributed by atoms with E-state index in [1.807, 2.05) is 0 Å². The van der Waals surface area contributed by atoms with Gasteiger partial charge in [0.05, 0.1) is 29.3 Å². The van der Waals surface area contributed by atoms with Crippen LogP contribution in [0.3, 0.4) is 0 Å². The van der Waals surface area contributed by atoms with Gasteiger partial charge in [0.1, 0.15) is 0 Å². The Morgan fingerprint density at radius 2 is 1.52 bits per heavy atom. The maximum Gasteiger partial charge on any atom is 0.160 e. The third-order valence-corrected chi connectivity index (χ3v) is 9.96. The molecule has 0 aromatic carbocycles. The summed E-state index contributed by atoms with van der Waals surface area (Å²) >= 11 is 0. The standard InChI is InChI=1S/C18H31NO3S/c20-23(21)16-9-5-2-6-10-18(16,19-11-13-22-14-12-19)17(23)15-7-3-1-4-8-15/h15-17H,1-14H2/t16-,17-,18-/m0/s1. The van der Waals surface area contributed by atoms with E-state index in [9.17, 15) is 8.42 Å². The predicted octanol–water partition coefficient (Wildman–Crippen LogP) is 2.77. The largest absolute Gasteiger partial charge is 0.379 e. The molecule has 4 fully saturated rings. The van der Waals surface area contributed by atoms with Crippen LogP contribution in [0, 0.1) is 5.92 Å². The van der Waals surface area contributed by atoms with Crippen molar-refractivity contribution in [2.75, 3.05) is 26.3 Å². The quantitative estimate of drug-likeness (QED) is 0.775. The van der Waals surface area contributed by atoms with Crippen LogP contribution >= 0.6 is 0 Å². The van der Waals surface area contributed by atoms with E-state index in [0.29, 0.717) is 5.92 Å². The van der Waals surface area contributed by atoms with Crippen molar-refractivity contribution in [3.8, 4) is 0 Å². The molecule has 4 nitrogen and oxygen atoms in total.